The van der Waals surface area contributed by atoms with Crippen LogP contribution in [0.25, 0.3) is 0 Å². The Kier molecular flexibility index (Phi) is 5.45. The molecule has 0 saturated carbocycles. The second kappa shape index (κ2) is 6.41. The highest BCUT2D eigenvalue weighted by molar-refractivity contribution is 6.33. The van der Waals surface area contributed by atoms with Crippen LogP contribution < -0.4 is 5.73 Å². The van der Waals surface area contributed by atoms with E-state index in [4.69, 9.17) is 28.9 Å². The van der Waals surface area contributed by atoms with Crippen molar-refractivity contribution in [2.24, 2.45) is 5.73 Å². The van der Waals surface area contributed by atoms with E-state index in [9.17, 15) is 4.79 Å². The molecule has 0 heterocycles. The Morgan fingerprint density at radius 1 is 1.33 bits per heavy atom. The van der Waals surface area contributed by atoms with E-state index < -0.39 is 6.04 Å². The van der Waals surface area contributed by atoms with E-state index in [1.54, 1.807) is 30.0 Å². The molecule has 0 bridgehead atoms. The lowest BCUT2D eigenvalue weighted by molar-refractivity contribution is -0.134. The van der Waals surface area contributed by atoms with Gasteiger partial charge in [-0.1, -0.05) is 23.2 Å². The summed E-state index contributed by atoms with van der Waals surface area (Å²) in [6, 6.07) is 4.76. The van der Waals surface area contributed by atoms with Crippen molar-refractivity contribution in [3.8, 4) is 0 Å². The predicted molar refractivity (Wildman–Crippen MR) is 75.8 cm³/mol. The number of nitrogens with zero attached hydrogens (tertiary/aromatic N) is 1. The fourth-order valence-corrected chi connectivity index (χ4v) is 2.00. The lowest BCUT2D eigenvalue weighted by Gasteiger charge is -2.28. The summed E-state index contributed by atoms with van der Waals surface area (Å²) in [7, 11) is 0. The van der Waals surface area contributed by atoms with Crippen molar-refractivity contribution >= 4 is 29.1 Å². The monoisotopic (exact) mass is 288 g/mol. The number of rotatable bonds is 4. The smallest absolute Gasteiger partial charge is 0.239 e. The molecule has 0 aliphatic heterocycles. The molecule has 0 aliphatic carbocycles. The van der Waals surface area contributed by atoms with Crippen molar-refractivity contribution in [1.82, 2.24) is 4.90 Å². The maximum Gasteiger partial charge on any atom is 0.239 e. The van der Waals surface area contributed by atoms with Crippen LogP contribution in [0.2, 0.25) is 10.0 Å². The van der Waals surface area contributed by atoms with Crippen LogP contribution in [0, 0.1) is 0 Å². The van der Waals surface area contributed by atoms with Crippen LogP contribution in [-0.4, -0.2) is 22.9 Å². The largest absolute Gasteiger partial charge is 0.335 e. The molecule has 0 saturated heterocycles. The van der Waals surface area contributed by atoms with Gasteiger partial charge in [0.05, 0.1) is 6.04 Å². The van der Waals surface area contributed by atoms with E-state index in [-0.39, 0.29) is 11.9 Å². The summed E-state index contributed by atoms with van der Waals surface area (Å²) in [5, 5.41) is 1.20. The first-order valence-corrected chi connectivity index (χ1v) is 6.58. The third-order valence-corrected chi connectivity index (χ3v) is 3.25. The van der Waals surface area contributed by atoms with Crippen LogP contribution in [0.1, 0.15) is 26.3 Å². The number of hydrogen-bond acceptors (Lipinski definition) is 2. The van der Waals surface area contributed by atoms with E-state index in [0.29, 0.717) is 16.6 Å². The fraction of sp³-hybridized carbons (Fsp3) is 0.462. The van der Waals surface area contributed by atoms with Gasteiger partial charge in [0.2, 0.25) is 5.91 Å². The molecule has 100 valence electrons. The quantitative estimate of drug-likeness (QED) is 0.926. The maximum absolute atomic E-state index is 12.0. The van der Waals surface area contributed by atoms with Gasteiger partial charge < -0.3 is 10.6 Å². The van der Waals surface area contributed by atoms with Gasteiger partial charge >= 0.3 is 0 Å². The molecule has 0 unspecified atom stereocenters. The molecular formula is C13H18Cl2N2O. The number of amides is 1. The summed E-state index contributed by atoms with van der Waals surface area (Å²) in [5.41, 5.74) is 6.47. The summed E-state index contributed by atoms with van der Waals surface area (Å²) in [5.74, 6) is -0.0963. The zero-order chi connectivity index (χ0) is 13.9. The summed E-state index contributed by atoms with van der Waals surface area (Å²) < 4.78 is 0. The van der Waals surface area contributed by atoms with E-state index in [2.05, 4.69) is 0 Å². The number of nitrogens with two attached hydrogens (primary N) is 1. The minimum absolute atomic E-state index is 0.0542. The van der Waals surface area contributed by atoms with Gasteiger partial charge in [0.25, 0.3) is 0 Å². The average Bonchev–Trinajstić information content (AvgIpc) is 2.28. The van der Waals surface area contributed by atoms with Crippen LogP contribution >= 0.6 is 23.2 Å². The number of hydrogen-bond donors (Lipinski definition) is 1. The van der Waals surface area contributed by atoms with E-state index in [0.717, 1.165) is 5.56 Å². The molecule has 1 atom stereocenters. The van der Waals surface area contributed by atoms with E-state index >= 15 is 0 Å². The first-order valence-electron chi connectivity index (χ1n) is 5.83. The van der Waals surface area contributed by atoms with Crippen molar-refractivity contribution in [1.29, 1.82) is 0 Å². The van der Waals surface area contributed by atoms with E-state index in [1.807, 2.05) is 13.8 Å². The van der Waals surface area contributed by atoms with Gasteiger partial charge in [0, 0.05) is 22.6 Å². The second-order valence-corrected chi connectivity index (χ2v) is 5.43. The normalized spacial score (nSPS) is 12.6. The Morgan fingerprint density at radius 3 is 2.44 bits per heavy atom. The molecule has 0 aromatic heterocycles. The molecule has 0 fully saturated rings. The number of benzene rings is 1. The van der Waals surface area contributed by atoms with Gasteiger partial charge in [-0.3, -0.25) is 4.79 Å². The standard InChI is InChI=1S/C13H18Cl2N2O/c1-8(2)17(13(18)9(3)16)7-10-6-11(14)4-5-12(10)15/h4-6,8-9H,7,16H2,1-3H3/t9-/m0/s1. The summed E-state index contributed by atoms with van der Waals surface area (Å²) in [4.78, 5) is 13.7. The molecular weight excluding hydrogens is 271 g/mol. The SMILES string of the molecule is CC(C)N(Cc1cc(Cl)ccc1Cl)C(=O)[C@H](C)N. The molecule has 18 heavy (non-hydrogen) atoms. The van der Waals surface area contributed by atoms with Crippen LogP contribution in [0.4, 0.5) is 0 Å². The van der Waals surface area contributed by atoms with Crippen LogP contribution in [0.5, 0.6) is 0 Å². The first kappa shape index (κ1) is 15.3. The minimum atomic E-state index is -0.523. The summed E-state index contributed by atoms with van der Waals surface area (Å²) in [6.45, 7) is 5.98. The summed E-state index contributed by atoms with van der Waals surface area (Å²) in [6.07, 6.45) is 0. The fourth-order valence-electron chi connectivity index (χ4n) is 1.62. The molecule has 1 rings (SSSR count). The highest BCUT2D eigenvalue weighted by Crippen LogP contribution is 2.23. The molecule has 5 heteroatoms. The Labute approximate surface area is 118 Å². The number of carbonyl (C=O) groups is 1. The highest BCUT2D eigenvalue weighted by Gasteiger charge is 2.21. The lowest BCUT2D eigenvalue weighted by Crippen LogP contribution is -2.45. The molecule has 0 radical (unpaired) electrons. The Bertz CT molecular complexity index is 433. The Balaban J connectivity index is 2.97. The van der Waals surface area contributed by atoms with Gasteiger partial charge in [-0.05, 0) is 44.5 Å². The average molecular weight is 289 g/mol. The molecule has 1 aromatic carbocycles. The van der Waals surface area contributed by atoms with Gasteiger partial charge in [-0.2, -0.15) is 0 Å². The summed E-state index contributed by atoms with van der Waals surface area (Å²) >= 11 is 12.0. The van der Waals surface area contributed by atoms with Gasteiger partial charge in [0.1, 0.15) is 0 Å². The first-order chi connectivity index (χ1) is 8.32. The van der Waals surface area contributed by atoms with Gasteiger partial charge in [-0.15, -0.1) is 0 Å². The maximum atomic E-state index is 12.0. The molecule has 1 aromatic rings. The zero-order valence-corrected chi connectivity index (χ0v) is 12.3. The van der Waals surface area contributed by atoms with Crippen LogP contribution in [0.15, 0.2) is 18.2 Å². The van der Waals surface area contributed by atoms with Crippen molar-refractivity contribution in [2.45, 2.75) is 39.4 Å². The molecule has 3 nitrogen and oxygen atoms in total. The van der Waals surface area contributed by atoms with Crippen molar-refractivity contribution < 1.29 is 4.79 Å². The van der Waals surface area contributed by atoms with Crippen molar-refractivity contribution in [3.63, 3.8) is 0 Å². The van der Waals surface area contributed by atoms with Crippen molar-refractivity contribution in [2.75, 3.05) is 0 Å². The Hall–Kier alpha value is -0.770. The second-order valence-electron chi connectivity index (χ2n) is 4.58. The number of carbonyl (C=O) groups excluding carboxylic acids is 1. The Morgan fingerprint density at radius 2 is 1.94 bits per heavy atom. The predicted octanol–water partition coefficient (Wildman–Crippen LogP) is 3.08. The number of halogens is 2. The lowest BCUT2D eigenvalue weighted by atomic mass is 10.1. The van der Waals surface area contributed by atoms with Crippen molar-refractivity contribution in [3.05, 3.63) is 33.8 Å². The minimum Gasteiger partial charge on any atom is -0.335 e. The van der Waals surface area contributed by atoms with E-state index in [1.165, 1.54) is 0 Å². The topological polar surface area (TPSA) is 46.3 Å². The molecule has 2 N–H and O–H groups in total. The molecule has 0 spiro atoms. The highest BCUT2D eigenvalue weighted by atomic mass is 35.5. The zero-order valence-electron chi connectivity index (χ0n) is 10.8. The van der Waals surface area contributed by atoms with Crippen LogP contribution in [0.3, 0.4) is 0 Å². The third-order valence-electron chi connectivity index (χ3n) is 2.64. The molecule has 1 amide bonds. The van der Waals surface area contributed by atoms with Gasteiger partial charge in [-0.25, -0.2) is 0 Å². The van der Waals surface area contributed by atoms with Gasteiger partial charge in [0.15, 0.2) is 0 Å². The van der Waals surface area contributed by atoms with Crippen LogP contribution in [-0.2, 0) is 11.3 Å². The molecule has 0 aliphatic rings. The third kappa shape index (κ3) is 3.87.